The summed E-state index contributed by atoms with van der Waals surface area (Å²) in [6.07, 6.45) is -1.55. The highest BCUT2D eigenvalue weighted by atomic mass is 19.4. The summed E-state index contributed by atoms with van der Waals surface area (Å²) in [5.41, 5.74) is -0.548. The van der Waals surface area contributed by atoms with Gasteiger partial charge in [0.25, 0.3) is 0 Å². The van der Waals surface area contributed by atoms with E-state index >= 15 is 0 Å². The molecule has 1 aromatic rings. The molecule has 0 aliphatic heterocycles. The van der Waals surface area contributed by atoms with Crippen LogP contribution in [0.1, 0.15) is 24.1 Å². The van der Waals surface area contributed by atoms with Crippen LogP contribution in [0.15, 0.2) is 18.3 Å². The second kappa shape index (κ2) is 3.88. The Balaban J connectivity index is 2.12. The molecule has 2 rings (SSSR count). The minimum absolute atomic E-state index is 0.00757. The number of carbonyl (C=O) groups is 1. The first-order valence-electron chi connectivity index (χ1n) is 5.01. The van der Waals surface area contributed by atoms with Gasteiger partial charge in [-0.2, -0.15) is 13.2 Å². The Morgan fingerprint density at radius 1 is 1.44 bits per heavy atom. The molecule has 86 valence electrons. The number of hydrogen-bond donors (Lipinski definition) is 0. The monoisotopic (exact) mass is 229 g/mol. The highest BCUT2D eigenvalue weighted by Crippen LogP contribution is 2.32. The second-order valence-corrected chi connectivity index (χ2v) is 3.95. The molecule has 0 N–H and O–H groups in total. The van der Waals surface area contributed by atoms with Crippen LogP contribution < -0.4 is 0 Å². The molecule has 0 amide bonds. The Labute approximate surface area is 90.5 Å². The topological polar surface area (TPSA) is 30.0 Å². The van der Waals surface area contributed by atoms with Crippen molar-refractivity contribution in [2.24, 2.45) is 5.92 Å². The van der Waals surface area contributed by atoms with Crippen molar-refractivity contribution >= 4 is 5.78 Å². The Morgan fingerprint density at radius 2 is 2.12 bits per heavy atom. The number of alkyl halides is 3. The SMILES string of the molecule is O=C(Cc1cc(C(F)(F)F)ccn1)C1CC1. The van der Waals surface area contributed by atoms with Gasteiger partial charge in [0.1, 0.15) is 5.78 Å². The van der Waals surface area contributed by atoms with Crippen molar-refractivity contribution < 1.29 is 18.0 Å². The van der Waals surface area contributed by atoms with Crippen LogP contribution in [0.2, 0.25) is 0 Å². The molecule has 2 nitrogen and oxygen atoms in total. The van der Waals surface area contributed by atoms with E-state index in [4.69, 9.17) is 0 Å². The van der Waals surface area contributed by atoms with Crippen LogP contribution in [0.4, 0.5) is 13.2 Å². The van der Waals surface area contributed by atoms with E-state index in [0.29, 0.717) is 0 Å². The maximum Gasteiger partial charge on any atom is 0.416 e. The quantitative estimate of drug-likeness (QED) is 0.797. The zero-order valence-corrected chi connectivity index (χ0v) is 8.42. The van der Waals surface area contributed by atoms with Crippen molar-refractivity contribution in [2.45, 2.75) is 25.4 Å². The first-order chi connectivity index (χ1) is 7.47. The number of pyridine rings is 1. The smallest absolute Gasteiger partial charge is 0.299 e. The molecule has 0 aromatic carbocycles. The number of aromatic nitrogens is 1. The van der Waals surface area contributed by atoms with Crippen LogP contribution in [0, 0.1) is 5.92 Å². The van der Waals surface area contributed by atoms with E-state index in [9.17, 15) is 18.0 Å². The van der Waals surface area contributed by atoms with Gasteiger partial charge in [-0.1, -0.05) is 0 Å². The Bertz CT molecular complexity index is 410. The molecule has 1 fully saturated rings. The third-order valence-electron chi connectivity index (χ3n) is 2.53. The number of nitrogens with zero attached hydrogens (tertiary/aromatic N) is 1. The lowest BCUT2D eigenvalue weighted by molar-refractivity contribution is -0.137. The molecule has 0 saturated heterocycles. The lowest BCUT2D eigenvalue weighted by Crippen LogP contribution is -2.10. The molecule has 16 heavy (non-hydrogen) atoms. The lowest BCUT2D eigenvalue weighted by atomic mass is 10.1. The summed E-state index contributed by atoms with van der Waals surface area (Å²) in [4.78, 5) is 15.2. The molecule has 1 aromatic heterocycles. The molecule has 0 atom stereocenters. The molecule has 0 radical (unpaired) electrons. The van der Waals surface area contributed by atoms with E-state index in [1.165, 1.54) is 0 Å². The Hall–Kier alpha value is -1.39. The van der Waals surface area contributed by atoms with Crippen molar-refractivity contribution in [3.63, 3.8) is 0 Å². The van der Waals surface area contributed by atoms with Crippen LogP contribution in [-0.4, -0.2) is 10.8 Å². The van der Waals surface area contributed by atoms with Crippen LogP contribution in [0.25, 0.3) is 0 Å². The van der Waals surface area contributed by atoms with Gasteiger partial charge in [-0.05, 0) is 25.0 Å². The fraction of sp³-hybridized carbons (Fsp3) is 0.455. The van der Waals surface area contributed by atoms with Gasteiger partial charge in [0.2, 0.25) is 0 Å². The zero-order chi connectivity index (χ0) is 11.8. The first kappa shape index (κ1) is 11.1. The van der Waals surface area contributed by atoms with Crippen molar-refractivity contribution in [1.29, 1.82) is 0 Å². The predicted octanol–water partition coefficient (Wildman–Crippen LogP) is 2.62. The number of rotatable bonds is 3. The average Bonchev–Trinajstić information content (AvgIpc) is 2.99. The van der Waals surface area contributed by atoms with Crippen LogP contribution >= 0.6 is 0 Å². The van der Waals surface area contributed by atoms with E-state index in [0.717, 1.165) is 31.2 Å². The fourth-order valence-electron chi connectivity index (χ4n) is 1.48. The number of hydrogen-bond acceptors (Lipinski definition) is 2. The van der Waals surface area contributed by atoms with E-state index < -0.39 is 11.7 Å². The summed E-state index contributed by atoms with van der Waals surface area (Å²) in [5.74, 6) is 0.0446. The van der Waals surface area contributed by atoms with Crippen molar-refractivity contribution in [3.8, 4) is 0 Å². The highest BCUT2D eigenvalue weighted by molar-refractivity contribution is 5.84. The molecule has 1 heterocycles. The standard InChI is InChI=1S/C11H10F3NO/c12-11(13,14)8-3-4-15-9(5-8)6-10(16)7-1-2-7/h3-5,7H,1-2,6H2. The Kier molecular flexibility index (Phi) is 2.69. The largest absolute Gasteiger partial charge is 0.416 e. The van der Waals surface area contributed by atoms with Crippen molar-refractivity contribution in [2.75, 3.05) is 0 Å². The summed E-state index contributed by atoms with van der Waals surface area (Å²) in [6.45, 7) is 0. The zero-order valence-electron chi connectivity index (χ0n) is 8.42. The summed E-state index contributed by atoms with van der Waals surface area (Å²) in [6, 6.07) is 1.85. The van der Waals surface area contributed by atoms with Gasteiger partial charge in [-0.3, -0.25) is 9.78 Å². The third-order valence-corrected chi connectivity index (χ3v) is 2.53. The summed E-state index contributed by atoms with van der Waals surface area (Å²) in [5, 5.41) is 0. The van der Waals surface area contributed by atoms with Gasteiger partial charge in [0, 0.05) is 24.2 Å². The van der Waals surface area contributed by atoms with Crippen LogP contribution in [0.5, 0.6) is 0 Å². The molecular weight excluding hydrogens is 219 g/mol. The molecule has 1 aliphatic carbocycles. The normalized spacial score (nSPS) is 16.2. The van der Waals surface area contributed by atoms with Gasteiger partial charge in [-0.15, -0.1) is 0 Å². The first-order valence-corrected chi connectivity index (χ1v) is 5.01. The van der Waals surface area contributed by atoms with Gasteiger partial charge in [-0.25, -0.2) is 0 Å². The number of carbonyl (C=O) groups excluding carboxylic acids is 1. The predicted molar refractivity (Wildman–Crippen MR) is 50.7 cm³/mol. The van der Waals surface area contributed by atoms with Gasteiger partial charge in [0.05, 0.1) is 5.56 Å². The van der Waals surface area contributed by atoms with E-state index in [1.807, 2.05) is 0 Å². The van der Waals surface area contributed by atoms with E-state index in [2.05, 4.69) is 4.98 Å². The maximum absolute atomic E-state index is 12.4. The lowest BCUT2D eigenvalue weighted by Gasteiger charge is -2.07. The summed E-state index contributed by atoms with van der Waals surface area (Å²) in [7, 11) is 0. The maximum atomic E-state index is 12.4. The average molecular weight is 229 g/mol. The summed E-state index contributed by atoms with van der Waals surface area (Å²) >= 11 is 0. The van der Waals surface area contributed by atoms with Gasteiger partial charge in [0.15, 0.2) is 0 Å². The van der Waals surface area contributed by atoms with E-state index in [-0.39, 0.29) is 23.8 Å². The number of Topliss-reactive ketones (excluding diaryl/α,β-unsaturated/α-hetero) is 1. The summed E-state index contributed by atoms with van der Waals surface area (Å²) < 4.78 is 37.1. The molecule has 0 spiro atoms. The van der Waals surface area contributed by atoms with Crippen molar-refractivity contribution in [1.82, 2.24) is 4.98 Å². The minimum Gasteiger partial charge on any atom is -0.299 e. The molecule has 1 saturated carbocycles. The second-order valence-electron chi connectivity index (χ2n) is 3.95. The van der Waals surface area contributed by atoms with Crippen molar-refractivity contribution in [3.05, 3.63) is 29.6 Å². The van der Waals surface area contributed by atoms with Crippen LogP contribution in [-0.2, 0) is 17.4 Å². The minimum atomic E-state index is -4.37. The Morgan fingerprint density at radius 3 is 2.69 bits per heavy atom. The highest BCUT2D eigenvalue weighted by Gasteiger charge is 2.32. The van der Waals surface area contributed by atoms with E-state index in [1.54, 1.807) is 0 Å². The fourth-order valence-corrected chi connectivity index (χ4v) is 1.48. The van der Waals surface area contributed by atoms with Gasteiger partial charge >= 0.3 is 6.18 Å². The van der Waals surface area contributed by atoms with Crippen LogP contribution in [0.3, 0.4) is 0 Å². The number of ketones is 1. The third kappa shape index (κ3) is 2.59. The molecule has 1 aliphatic rings. The molecule has 5 heteroatoms. The van der Waals surface area contributed by atoms with Gasteiger partial charge < -0.3 is 0 Å². The number of halogens is 3. The molecule has 0 bridgehead atoms. The molecule has 0 unspecified atom stereocenters. The molecular formula is C11H10F3NO.